The van der Waals surface area contributed by atoms with Crippen LogP contribution in [-0.4, -0.2) is 11.9 Å². The van der Waals surface area contributed by atoms with Crippen LogP contribution in [0.15, 0.2) is 28.1 Å². The smallest absolute Gasteiger partial charge is 0.310 e. The van der Waals surface area contributed by atoms with Gasteiger partial charge in [-0.1, -0.05) is 25.5 Å². The van der Waals surface area contributed by atoms with Gasteiger partial charge in [-0.25, -0.2) is 0 Å². The summed E-state index contributed by atoms with van der Waals surface area (Å²) >= 11 is 0. The van der Waals surface area contributed by atoms with Crippen molar-refractivity contribution in [1.29, 1.82) is 0 Å². The van der Waals surface area contributed by atoms with Gasteiger partial charge in [0.25, 0.3) is 5.91 Å². The molecule has 0 aromatic heterocycles. The zero-order valence-electron chi connectivity index (χ0n) is 9.54. The second kappa shape index (κ2) is 3.59. The maximum atomic E-state index is 12.7. The molecule has 1 aromatic carbocycles. The minimum atomic E-state index is -9.87. The molecule has 0 saturated heterocycles. The molecule has 0 fully saturated rings. The fourth-order valence-electron chi connectivity index (χ4n) is 1.44. The van der Waals surface area contributed by atoms with Crippen molar-refractivity contribution in [3.63, 3.8) is 0 Å². The van der Waals surface area contributed by atoms with E-state index in [1.165, 1.54) is 0 Å². The van der Waals surface area contributed by atoms with Crippen LogP contribution < -0.4 is 11.5 Å². The molecule has 0 bridgehead atoms. The second-order valence-electron chi connectivity index (χ2n) is 3.74. The first-order valence-corrected chi connectivity index (χ1v) is 6.65. The number of hydrogen-bond acceptors (Lipinski definition) is 1. The number of hydrogen-bond donors (Lipinski definition) is 2. The zero-order chi connectivity index (χ0) is 15.1. The maximum absolute atomic E-state index is 12.7. The van der Waals surface area contributed by atoms with Gasteiger partial charge in [-0.3, -0.25) is 4.79 Å². The summed E-state index contributed by atoms with van der Waals surface area (Å²) < 4.78 is 63.6. The van der Waals surface area contributed by atoms with E-state index in [1.807, 2.05) is 0 Å². The molecule has 1 amide bonds. The third-order valence-corrected chi connectivity index (χ3v) is 3.43. The van der Waals surface area contributed by atoms with Crippen molar-refractivity contribution in [2.45, 2.75) is 11.8 Å². The number of carbonyl (C=O) groups excluding carboxylic acids is 1. The van der Waals surface area contributed by atoms with Crippen molar-refractivity contribution in [3.05, 3.63) is 29.3 Å². The number of amides is 1. The predicted octanol–water partition coefficient (Wildman–Crippen LogP) is 3.07. The number of benzene rings is 1. The number of halogens is 5. The van der Waals surface area contributed by atoms with Crippen molar-refractivity contribution < 1.29 is 24.2 Å². The minimum absolute atomic E-state index is 0.211. The van der Waals surface area contributed by atoms with Crippen LogP contribution in [0.2, 0.25) is 0 Å². The lowest BCUT2D eigenvalue weighted by atomic mass is 10.1. The van der Waals surface area contributed by atoms with Gasteiger partial charge in [-0.15, -0.1) is 0 Å². The molecule has 0 radical (unpaired) electrons. The highest BCUT2D eigenvalue weighted by molar-refractivity contribution is 8.45. The fraction of sp³-hybridized carbons (Fsp3) is 0.111. The monoisotopic (exact) mass is 303 g/mol. The summed E-state index contributed by atoms with van der Waals surface area (Å²) in [5.74, 6) is -1.90. The Balaban J connectivity index is 3.54. The van der Waals surface area contributed by atoms with Crippen molar-refractivity contribution in [2.24, 2.45) is 16.5 Å². The summed E-state index contributed by atoms with van der Waals surface area (Å²) in [4.78, 5) is 12.3. The normalized spacial score (nSPS) is 15.3. The Bertz CT molecular complexity index is 577. The van der Waals surface area contributed by atoms with Crippen molar-refractivity contribution in [3.8, 4) is 0 Å². The molecule has 0 saturated carbocycles. The van der Waals surface area contributed by atoms with E-state index < -0.39 is 38.1 Å². The maximum Gasteiger partial charge on any atom is 0.310 e. The van der Waals surface area contributed by atoms with E-state index in [1.54, 1.807) is 0 Å². The van der Waals surface area contributed by atoms with Gasteiger partial charge in [0, 0.05) is 5.56 Å². The highest BCUT2D eigenvalue weighted by Crippen LogP contribution is 3.02. The molecule has 19 heavy (non-hydrogen) atoms. The van der Waals surface area contributed by atoms with E-state index in [0.717, 1.165) is 13.0 Å². The molecule has 0 aliphatic rings. The summed E-state index contributed by atoms with van der Waals surface area (Å²) in [6.45, 7) is 0.753. The summed E-state index contributed by atoms with van der Waals surface area (Å²) in [6.07, 6.45) is 0. The number of guanidine groups is 1. The lowest BCUT2D eigenvalue weighted by Gasteiger charge is -2.41. The first kappa shape index (κ1) is 15.2. The highest BCUT2D eigenvalue weighted by Gasteiger charge is 2.66. The molecule has 0 unspecified atom stereocenters. The van der Waals surface area contributed by atoms with Crippen LogP contribution >= 0.6 is 10.2 Å². The van der Waals surface area contributed by atoms with Gasteiger partial charge in [-0.2, -0.15) is 4.99 Å². The Labute approximate surface area is 105 Å². The summed E-state index contributed by atoms with van der Waals surface area (Å²) in [5, 5.41) is 0. The van der Waals surface area contributed by atoms with Crippen molar-refractivity contribution in [1.82, 2.24) is 0 Å². The van der Waals surface area contributed by atoms with E-state index in [2.05, 4.69) is 4.99 Å². The van der Waals surface area contributed by atoms with Crippen LogP contribution in [0.5, 0.6) is 0 Å². The van der Waals surface area contributed by atoms with Crippen LogP contribution in [0, 0.1) is 6.92 Å². The molecule has 0 aliphatic carbocycles. The van der Waals surface area contributed by atoms with Crippen LogP contribution in [0.1, 0.15) is 15.9 Å². The van der Waals surface area contributed by atoms with Gasteiger partial charge in [0.15, 0.2) is 5.96 Å². The van der Waals surface area contributed by atoms with Gasteiger partial charge < -0.3 is 11.5 Å². The molecular formula is C9H10F5N3OS. The Kier molecular flexibility index (Phi) is 2.88. The van der Waals surface area contributed by atoms with E-state index in [4.69, 9.17) is 11.5 Å². The van der Waals surface area contributed by atoms with E-state index in [-0.39, 0.29) is 6.07 Å². The number of aliphatic imine (C=N–C) groups is 1. The molecule has 0 heterocycles. The third-order valence-electron chi connectivity index (χ3n) is 2.16. The third kappa shape index (κ3) is 3.56. The quantitative estimate of drug-likeness (QED) is 0.500. The molecular weight excluding hydrogens is 293 g/mol. The molecule has 0 spiro atoms. The van der Waals surface area contributed by atoms with Crippen molar-refractivity contribution >= 4 is 22.1 Å². The fourth-order valence-corrected chi connectivity index (χ4v) is 2.47. The van der Waals surface area contributed by atoms with Crippen LogP contribution in [0.3, 0.4) is 0 Å². The highest BCUT2D eigenvalue weighted by atomic mass is 32.5. The van der Waals surface area contributed by atoms with E-state index in [0.29, 0.717) is 6.07 Å². The number of nitrogens with two attached hydrogens (primary N) is 2. The van der Waals surface area contributed by atoms with E-state index in [9.17, 15) is 24.2 Å². The molecule has 108 valence electrons. The number of carbonyl (C=O) groups is 1. The van der Waals surface area contributed by atoms with Gasteiger partial charge in [0.05, 0.1) is 0 Å². The minimum Gasteiger partial charge on any atom is -0.370 e. The molecule has 1 aromatic rings. The number of nitrogens with zero attached hydrogens (tertiary/aromatic N) is 1. The molecule has 4 nitrogen and oxygen atoms in total. The predicted molar refractivity (Wildman–Crippen MR) is 62.7 cm³/mol. The lowest BCUT2D eigenvalue weighted by Crippen LogP contribution is -2.24. The molecule has 0 aliphatic heterocycles. The molecule has 1 rings (SSSR count). The van der Waals surface area contributed by atoms with Crippen LogP contribution in [0.25, 0.3) is 0 Å². The van der Waals surface area contributed by atoms with Gasteiger partial charge in [-0.05, 0) is 24.6 Å². The van der Waals surface area contributed by atoms with Gasteiger partial charge in [0.2, 0.25) is 0 Å². The average molecular weight is 303 g/mol. The Morgan fingerprint density at radius 1 is 1.16 bits per heavy atom. The Morgan fingerprint density at radius 2 is 1.68 bits per heavy atom. The van der Waals surface area contributed by atoms with Gasteiger partial charge in [0.1, 0.15) is 4.90 Å². The Morgan fingerprint density at radius 3 is 2.11 bits per heavy atom. The molecule has 4 N–H and O–H groups in total. The van der Waals surface area contributed by atoms with Gasteiger partial charge >= 0.3 is 10.2 Å². The number of rotatable bonds is 2. The second-order valence-corrected chi connectivity index (χ2v) is 6.12. The van der Waals surface area contributed by atoms with Crippen molar-refractivity contribution in [2.75, 3.05) is 0 Å². The first-order chi connectivity index (χ1) is 8.22. The van der Waals surface area contributed by atoms with Crippen LogP contribution in [0.4, 0.5) is 19.4 Å². The lowest BCUT2D eigenvalue weighted by molar-refractivity contribution is 0.100. The largest absolute Gasteiger partial charge is 0.370 e. The summed E-state index contributed by atoms with van der Waals surface area (Å²) in [5.41, 5.74) is 8.24. The summed E-state index contributed by atoms with van der Waals surface area (Å²) in [7, 11) is -9.87. The zero-order valence-corrected chi connectivity index (χ0v) is 10.4. The molecule has 10 heteroatoms. The molecule has 0 atom stereocenters. The van der Waals surface area contributed by atoms with E-state index >= 15 is 0 Å². The first-order valence-electron chi connectivity index (χ1n) is 4.70. The summed E-state index contributed by atoms with van der Waals surface area (Å²) in [6, 6.07) is 1.83. The standard InChI is InChI=1S/C9H10F5N3OS/c1-5-6(8(18)17-9(15)16)3-2-4-7(5)19(10,11,12,13)14/h2-4H,1H3,(H4,15,16,17,18). The SMILES string of the molecule is Cc1c(C(=O)N=C(N)N)cccc1S(F)(F)(F)(F)F. The topological polar surface area (TPSA) is 81.5 Å². The Hall–Kier alpha value is -1.84. The van der Waals surface area contributed by atoms with Crippen LogP contribution in [-0.2, 0) is 0 Å². The average Bonchev–Trinajstić information content (AvgIpc) is 2.12.